The van der Waals surface area contributed by atoms with Gasteiger partial charge in [0.05, 0.1) is 33.0 Å². The minimum atomic E-state index is -0.384. The Labute approximate surface area is 194 Å². The molecule has 0 spiro atoms. The van der Waals surface area contributed by atoms with Gasteiger partial charge in [0, 0.05) is 24.9 Å². The molecule has 0 saturated heterocycles. The first-order valence-corrected chi connectivity index (χ1v) is 10.7. The summed E-state index contributed by atoms with van der Waals surface area (Å²) in [5, 5.41) is 3.13. The van der Waals surface area contributed by atoms with Crippen LogP contribution in [0.1, 0.15) is 25.8 Å². The molecule has 0 atom stereocenters. The van der Waals surface area contributed by atoms with Gasteiger partial charge in [-0.2, -0.15) is 0 Å². The molecule has 1 heterocycles. The molecule has 0 aromatic heterocycles. The van der Waals surface area contributed by atoms with E-state index in [2.05, 4.69) is 5.32 Å². The van der Waals surface area contributed by atoms with Gasteiger partial charge in [-0.15, -0.1) is 0 Å². The van der Waals surface area contributed by atoms with Crippen molar-refractivity contribution in [3.63, 3.8) is 0 Å². The number of ether oxygens (including phenoxy) is 4. The average Bonchev–Trinajstić information content (AvgIpc) is 3.05. The van der Waals surface area contributed by atoms with Crippen molar-refractivity contribution in [2.75, 3.05) is 39.8 Å². The summed E-state index contributed by atoms with van der Waals surface area (Å²) in [4.78, 5) is 27.9. The predicted molar refractivity (Wildman–Crippen MR) is 126 cm³/mol. The summed E-state index contributed by atoms with van der Waals surface area (Å²) >= 11 is 0. The molecule has 2 aromatic rings. The van der Waals surface area contributed by atoms with Crippen LogP contribution in [0.5, 0.6) is 17.2 Å². The van der Waals surface area contributed by atoms with E-state index in [1.165, 1.54) is 12.0 Å². The molecule has 0 unspecified atom stereocenters. The zero-order chi connectivity index (χ0) is 24.0. The Balaban J connectivity index is 1.94. The van der Waals surface area contributed by atoms with Gasteiger partial charge < -0.3 is 24.3 Å². The van der Waals surface area contributed by atoms with Crippen LogP contribution in [0.25, 0.3) is 5.57 Å². The van der Waals surface area contributed by atoms with Crippen LogP contribution in [0.2, 0.25) is 0 Å². The van der Waals surface area contributed by atoms with Gasteiger partial charge in [0.1, 0.15) is 11.4 Å². The summed E-state index contributed by atoms with van der Waals surface area (Å²) in [5.41, 5.74) is 1.74. The molecule has 0 bridgehead atoms. The number of hydrogen-bond acceptors (Lipinski definition) is 7. The van der Waals surface area contributed by atoms with E-state index in [-0.39, 0.29) is 30.2 Å². The number of benzene rings is 2. The number of nitrogens with one attached hydrogen (secondary N) is 1. The summed E-state index contributed by atoms with van der Waals surface area (Å²) < 4.78 is 21.4. The molecule has 0 aliphatic carbocycles. The van der Waals surface area contributed by atoms with Gasteiger partial charge in [0.25, 0.3) is 11.8 Å². The summed E-state index contributed by atoms with van der Waals surface area (Å²) in [5.74, 6) is 0.998. The number of nitrogens with zero attached hydrogens (tertiary/aromatic N) is 1. The lowest BCUT2D eigenvalue weighted by Gasteiger charge is -2.16. The van der Waals surface area contributed by atoms with Crippen LogP contribution in [0.15, 0.2) is 48.2 Å². The highest BCUT2D eigenvalue weighted by atomic mass is 16.5. The normalized spacial score (nSPS) is 13.7. The Morgan fingerprint density at radius 3 is 2.18 bits per heavy atom. The number of methoxy groups -OCH3 is 3. The fourth-order valence-electron chi connectivity index (χ4n) is 3.52. The number of carbonyl (C=O) groups excluding carboxylic acids is 2. The molecule has 1 aliphatic rings. The Bertz CT molecular complexity index is 1030. The fraction of sp³-hybridized carbons (Fsp3) is 0.360. The third-order valence-electron chi connectivity index (χ3n) is 5.18. The Hall–Kier alpha value is -3.52. The van der Waals surface area contributed by atoms with Crippen LogP contribution in [-0.4, -0.2) is 57.3 Å². The van der Waals surface area contributed by atoms with Crippen LogP contribution >= 0.6 is 0 Å². The highest BCUT2D eigenvalue weighted by Gasteiger charge is 2.39. The monoisotopic (exact) mass is 454 g/mol. The van der Waals surface area contributed by atoms with Crippen molar-refractivity contribution in [3.8, 4) is 17.2 Å². The standard InChI is InChI=1S/C25H30N2O6/c1-16(2)33-14-6-13-27-24(28)22(17-7-10-19(30-3)11-8-17)23(25(27)29)26-18-9-12-20(31-4)21(15-18)32-5/h7-12,15-16,26H,6,13-14H2,1-5H3. The predicted octanol–water partition coefficient (Wildman–Crippen LogP) is 3.72. The van der Waals surface area contributed by atoms with Gasteiger partial charge in [0.15, 0.2) is 11.5 Å². The quantitative estimate of drug-likeness (QED) is 0.409. The van der Waals surface area contributed by atoms with Crippen molar-refractivity contribution in [1.82, 2.24) is 4.90 Å². The van der Waals surface area contributed by atoms with Crippen molar-refractivity contribution in [1.29, 1.82) is 0 Å². The van der Waals surface area contributed by atoms with E-state index in [0.717, 1.165) is 0 Å². The average molecular weight is 455 g/mol. The number of anilines is 1. The lowest BCUT2D eigenvalue weighted by atomic mass is 10.0. The minimum Gasteiger partial charge on any atom is -0.497 e. The van der Waals surface area contributed by atoms with Crippen LogP contribution < -0.4 is 19.5 Å². The maximum Gasteiger partial charge on any atom is 0.278 e. The third kappa shape index (κ3) is 5.46. The van der Waals surface area contributed by atoms with E-state index in [1.54, 1.807) is 56.7 Å². The summed E-state index contributed by atoms with van der Waals surface area (Å²) in [6.07, 6.45) is 0.639. The summed E-state index contributed by atoms with van der Waals surface area (Å²) in [6.45, 7) is 4.62. The second-order valence-corrected chi connectivity index (χ2v) is 7.71. The smallest absolute Gasteiger partial charge is 0.278 e. The topological polar surface area (TPSA) is 86.3 Å². The largest absolute Gasteiger partial charge is 0.497 e. The summed E-state index contributed by atoms with van der Waals surface area (Å²) in [6, 6.07) is 12.3. The zero-order valence-corrected chi connectivity index (χ0v) is 19.6. The molecule has 1 aliphatic heterocycles. The second-order valence-electron chi connectivity index (χ2n) is 7.71. The molecule has 3 rings (SSSR count). The molecule has 0 fully saturated rings. The van der Waals surface area contributed by atoms with Gasteiger partial charge in [-0.05, 0) is 50.1 Å². The van der Waals surface area contributed by atoms with Gasteiger partial charge in [-0.1, -0.05) is 12.1 Å². The molecule has 0 radical (unpaired) electrons. The first-order chi connectivity index (χ1) is 15.9. The van der Waals surface area contributed by atoms with Gasteiger partial charge in [-0.25, -0.2) is 0 Å². The maximum absolute atomic E-state index is 13.3. The molecule has 8 nitrogen and oxygen atoms in total. The number of carbonyl (C=O) groups is 2. The van der Waals surface area contributed by atoms with Gasteiger partial charge >= 0.3 is 0 Å². The number of imide groups is 1. The summed E-state index contributed by atoms with van der Waals surface area (Å²) in [7, 11) is 4.66. The van der Waals surface area contributed by atoms with Crippen molar-refractivity contribution < 1.29 is 28.5 Å². The molecule has 2 aromatic carbocycles. The second kappa shape index (κ2) is 10.9. The van der Waals surface area contributed by atoms with Crippen LogP contribution in [0.3, 0.4) is 0 Å². The Morgan fingerprint density at radius 2 is 1.58 bits per heavy atom. The van der Waals surface area contributed by atoms with Crippen molar-refractivity contribution in [2.45, 2.75) is 26.4 Å². The van der Waals surface area contributed by atoms with Crippen LogP contribution in [0, 0.1) is 0 Å². The van der Waals surface area contributed by atoms with E-state index in [9.17, 15) is 9.59 Å². The SMILES string of the molecule is COc1ccc(C2=C(Nc3ccc(OC)c(OC)c3)C(=O)N(CCCOC(C)C)C2=O)cc1. The molecule has 8 heteroatoms. The van der Waals surface area contributed by atoms with Crippen LogP contribution in [-0.2, 0) is 14.3 Å². The highest BCUT2D eigenvalue weighted by molar-refractivity contribution is 6.36. The van der Waals surface area contributed by atoms with Gasteiger partial charge in [-0.3, -0.25) is 14.5 Å². The van der Waals surface area contributed by atoms with E-state index in [1.807, 2.05) is 13.8 Å². The first kappa shape index (κ1) is 24.1. The van der Waals surface area contributed by atoms with E-state index in [4.69, 9.17) is 18.9 Å². The molecular weight excluding hydrogens is 424 g/mol. The molecule has 2 amide bonds. The lowest BCUT2D eigenvalue weighted by Crippen LogP contribution is -2.34. The van der Waals surface area contributed by atoms with E-state index < -0.39 is 0 Å². The maximum atomic E-state index is 13.3. The van der Waals surface area contributed by atoms with Crippen LogP contribution in [0.4, 0.5) is 5.69 Å². The Kier molecular flexibility index (Phi) is 7.95. The highest BCUT2D eigenvalue weighted by Crippen LogP contribution is 2.34. The van der Waals surface area contributed by atoms with Crippen molar-refractivity contribution in [3.05, 3.63) is 53.7 Å². The number of rotatable bonds is 11. The Morgan fingerprint density at radius 1 is 0.879 bits per heavy atom. The van der Waals surface area contributed by atoms with E-state index >= 15 is 0 Å². The first-order valence-electron chi connectivity index (χ1n) is 10.7. The molecule has 33 heavy (non-hydrogen) atoms. The molecule has 176 valence electrons. The molecule has 1 N–H and O–H groups in total. The minimum absolute atomic E-state index is 0.0882. The van der Waals surface area contributed by atoms with Crippen molar-refractivity contribution in [2.24, 2.45) is 0 Å². The lowest BCUT2D eigenvalue weighted by molar-refractivity contribution is -0.137. The third-order valence-corrected chi connectivity index (χ3v) is 5.18. The fourth-order valence-corrected chi connectivity index (χ4v) is 3.52. The molecular formula is C25H30N2O6. The number of hydrogen-bond donors (Lipinski definition) is 1. The van der Waals surface area contributed by atoms with Crippen molar-refractivity contribution >= 4 is 23.1 Å². The van der Waals surface area contributed by atoms with E-state index in [0.29, 0.717) is 47.1 Å². The molecule has 0 saturated carbocycles. The number of amides is 2. The van der Waals surface area contributed by atoms with Gasteiger partial charge in [0.2, 0.25) is 0 Å². The zero-order valence-electron chi connectivity index (χ0n) is 19.6.